The lowest BCUT2D eigenvalue weighted by Gasteiger charge is -2.21. The molecule has 1 aromatic heterocycles. The predicted octanol–water partition coefficient (Wildman–Crippen LogP) is 6.30. The molecule has 0 fully saturated rings. The number of ether oxygens (including phenoxy) is 2. The number of rotatable bonds is 6. The number of esters is 1. The molecule has 0 radical (unpaired) electrons. The van der Waals surface area contributed by atoms with E-state index in [-0.39, 0.29) is 12.0 Å². The van der Waals surface area contributed by atoms with E-state index in [9.17, 15) is 4.79 Å². The van der Waals surface area contributed by atoms with E-state index in [4.69, 9.17) is 37.8 Å². The maximum Gasteiger partial charge on any atom is 0.350 e. The molecular formula is C23H21Cl2N3O3S. The van der Waals surface area contributed by atoms with Gasteiger partial charge in [-0.25, -0.2) is 14.8 Å². The number of nitrogens with zero attached hydrogens (tertiary/aromatic N) is 3. The number of carbonyl (C=O) groups is 1. The molecular weight excluding hydrogens is 469 g/mol. The summed E-state index contributed by atoms with van der Waals surface area (Å²) in [5.74, 6) is 0.397. The minimum absolute atomic E-state index is 0.122. The van der Waals surface area contributed by atoms with E-state index in [1.165, 1.54) is 11.3 Å². The maximum atomic E-state index is 12.3. The van der Waals surface area contributed by atoms with Crippen LogP contribution in [-0.2, 0) is 4.74 Å². The van der Waals surface area contributed by atoms with Gasteiger partial charge in [0.15, 0.2) is 0 Å². The Morgan fingerprint density at radius 1 is 1.22 bits per heavy atom. The summed E-state index contributed by atoms with van der Waals surface area (Å²) in [5, 5.41) is 8.43. The van der Waals surface area contributed by atoms with Gasteiger partial charge in [0.1, 0.15) is 10.6 Å². The van der Waals surface area contributed by atoms with Crippen LogP contribution in [0.25, 0.3) is 0 Å². The van der Waals surface area contributed by atoms with Gasteiger partial charge in [0, 0.05) is 17.0 Å². The Bertz CT molecular complexity index is 1180. The first kappa shape index (κ1) is 22.6. The fourth-order valence-electron chi connectivity index (χ4n) is 3.52. The zero-order chi connectivity index (χ0) is 22.8. The second-order valence-electron chi connectivity index (χ2n) is 7.14. The standard InChI is InChI=1S/C23H21Cl2N3O3S/c1-4-31-22(29)21-13(2)26-23(32-21)28-20(14-5-8-16(30-3)9-6-14)12-19(27-28)17-10-7-15(24)11-18(17)25/h5-11,20H,4,12H2,1-3H3. The van der Waals surface area contributed by atoms with Gasteiger partial charge in [-0.2, -0.15) is 5.10 Å². The lowest BCUT2D eigenvalue weighted by molar-refractivity contribution is 0.0531. The van der Waals surface area contributed by atoms with Crippen molar-refractivity contribution in [2.75, 3.05) is 18.7 Å². The number of hydrazone groups is 1. The molecule has 0 amide bonds. The van der Waals surface area contributed by atoms with Gasteiger partial charge in [-0.1, -0.05) is 52.7 Å². The average molecular weight is 490 g/mol. The third kappa shape index (κ3) is 4.46. The van der Waals surface area contributed by atoms with Crippen molar-refractivity contribution >= 4 is 51.4 Å². The van der Waals surface area contributed by atoms with Gasteiger partial charge in [0.05, 0.1) is 36.2 Å². The molecule has 0 spiro atoms. The number of carbonyl (C=O) groups excluding carboxylic acids is 1. The Kier molecular flexibility index (Phi) is 6.69. The van der Waals surface area contributed by atoms with Crippen molar-refractivity contribution in [2.45, 2.75) is 26.3 Å². The highest BCUT2D eigenvalue weighted by atomic mass is 35.5. The van der Waals surface area contributed by atoms with Crippen LogP contribution in [0.4, 0.5) is 5.13 Å². The Morgan fingerprint density at radius 3 is 2.62 bits per heavy atom. The van der Waals surface area contributed by atoms with Crippen LogP contribution >= 0.6 is 34.5 Å². The Hall–Kier alpha value is -2.61. The van der Waals surface area contributed by atoms with Gasteiger partial charge in [-0.15, -0.1) is 0 Å². The second kappa shape index (κ2) is 9.48. The van der Waals surface area contributed by atoms with Crippen LogP contribution in [0.3, 0.4) is 0 Å². The molecule has 3 aromatic rings. The molecule has 1 aliphatic rings. The largest absolute Gasteiger partial charge is 0.497 e. The third-order valence-corrected chi connectivity index (χ3v) is 6.77. The number of methoxy groups -OCH3 is 1. The molecule has 0 aliphatic carbocycles. The molecule has 1 aliphatic heterocycles. The summed E-state index contributed by atoms with van der Waals surface area (Å²) in [5.41, 5.74) is 3.29. The number of hydrogen-bond acceptors (Lipinski definition) is 7. The third-order valence-electron chi connectivity index (χ3n) is 5.10. The minimum atomic E-state index is -0.376. The highest BCUT2D eigenvalue weighted by Gasteiger charge is 2.33. The van der Waals surface area contributed by atoms with Crippen LogP contribution in [0.2, 0.25) is 10.0 Å². The molecule has 1 unspecified atom stereocenters. The molecule has 2 aromatic carbocycles. The Balaban J connectivity index is 1.76. The first-order valence-electron chi connectivity index (χ1n) is 10.0. The van der Waals surface area contributed by atoms with Crippen molar-refractivity contribution in [2.24, 2.45) is 5.10 Å². The van der Waals surface area contributed by atoms with Gasteiger partial charge in [0.2, 0.25) is 5.13 Å². The number of thiazole rings is 1. The number of halogens is 2. The van der Waals surface area contributed by atoms with Crippen molar-refractivity contribution < 1.29 is 14.3 Å². The van der Waals surface area contributed by atoms with Crippen molar-refractivity contribution in [1.82, 2.24) is 4.98 Å². The van der Waals surface area contributed by atoms with Crippen LogP contribution < -0.4 is 9.75 Å². The monoisotopic (exact) mass is 489 g/mol. The average Bonchev–Trinajstić information content (AvgIpc) is 3.38. The van der Waals surface area contributed by atoms with E-state index in [0.717, 1.165) is 22.6 Å². The molecule has 0 saturated heterocycles. The number of anilines is 1. The molecule has 9 heteroatoms. The molecule has 1 atom stereocenters. The summed E-state index contributed by atoms with van der Waals surface area (Å²) in [6.45, 7) is 3.88. The molecule has 32 heavy (non-hydrogen) atoms. The van der Waals surface area contributed by atoms with Crippen LogP contribution in [0.15, 0.2) is 47.6 Å². The molecule has 166 valence electrons. The second-order valence-corrected chi connectivity index (χ2v) is 8.96. The fourth-order valence-corrected chi connectivity index (χ4v) is 5.00. The summed E-state index contributed by atoms with van der Waals surface area (Å²) in [4.78, 5) is 17.4. The van der Waals surface area contributed by atoms with E-state index >= 15 is 0 Å². The first-order valence-corrected chi connectivity index (χ1v) is 11.6. The number of hydrogen-bond donors (Lipinski definition) is 0. The Labute approximate surface area is 200 Å². The molecule has 6 nitrogen and oxygen atoms in total. The van der Waals surface area contributed by atoms with E-state index in [2.05, 4.69) is 4.98 Å². The smallest absolute Gasteiger partial charge is 0.350 e. The van der Waals surface area contributed by atoms with Crippen LogP contribution in [0.5, 0.6) is 5.75 Å². The van der Waals surface area contributed by atoms with Gasteiger partial charge in [-0.3, -0.25) is 0 Å². The summed E-state index contributed by atoms with van der Waals surface area (Å²) in [6, 6.07) is 13.1. The lowest BCUT2D eigenvalue weighted by atomic mass is 9.98. The van der Waals surface area contributed by atoms with Gasteiger partial charge >= 0.3 is 5.97 Å². The molecule has 0 bridgehead atoms. The molecule has 0 saturated carbocycles. The summed E-state index contributed by atoms with van der Waals surface area (Å²) in [6.07, 6.45) is 0.612. The molecule has 2 heterocycles. The number of benzene rings is 2. The summed E-state index contributed by atoms with van der Waals surface area (Å²) < 4.78 is 10.5. The van der Waals surface area contributed by atoms with Crippen molar-refractivity contribution in [3.8, 4) is 5.75 Å². The van der Waals surface area contributed by atoms with Crippen LogP contribution in [0, 0.1) is 6.92 Å². The number of aromatic nitrogens is 1. The van der Waals surface area contributed by atoms with Gasteiger partial charge in [-0.05, 0) is 43.7 Å². The predicted molar refractivity (Wildman–Crippen MR) is 129 cm³/mol. The zero-order valence-electron chi connectivity index (χ0n) is 17.8. The fraction of sp³-hybridized carbons (Fsp3) is 0.261. The van der Waals surface area contributed by atoms with E-state index in [0.29, 0.717) is 38.8 Å². The number of aryl methyl sites for hydroxylation is 1. The highest BCUT2D eigenvalue weighted by Crippen LogP contribution is 2.40. The summed E-state index contributed by atoms with van der Waals surface area (Å²) >= 11 is 13.8. The van der Waals surface area contributed by atoms with Crippen LogP contribution in [0.1, 0.15) is 45.9 Å². The van der Waals surface area contributed by atoms with Gasteiger partial charge in [0.25, 0.3) is 0 Å². The minimum Gasteiger partial charge on any atom is -0.497 e. The molecule has 0 N–H and O–H groups in total. The van der Waals surface area contributed by atoms with Gasteiger partial charge < -0.3 is 9.47 Å². The van der Waals surface area contributed by atoms with E-state index in [1.54, 1.807) is 33.1 Å². The van der Waals surface area contributed by atoms with Crippen LogP contribution in [-0.4, -0.2) is 30.4 Å². The topological polar surface area (TPSA) is 64.0 Å². The van der Waals surface area contributed by atoms with E-state index in [1.807, 2.05) is 35.3 Å². The zero-order valence-corrected chi connectivity index (χ0v) is 20.1. The SMILES string of the molecule is CCOC(=O)c1sc(N2N=C(c3ccc(Cl)cc3Cl)CC2c2ccc(OC)cc2)nc1C. The van der Waals surface area contributed by atoms with Crippen molar-refractivity contribution in [3.05, 3.63) is 74.2 Å². The first-order chi connectivity index (χ1) is 15.4. The lowest BCUT2D eigenvalue weighted by Crippen LogP contribution is -2.18. The van der Waals surface area contributed by atoms with E-state index < -0.39 is 0 Å². The quantitative estimate of drug-likeness (QED) is 0.380. The highest BCUT2D eigenvalue weighted by molar-refractivity contribution is 7.17. The van der Waals surface area contributed by atoms with Crippen molar-refractivity contribution in [1.29, 1.82) is 0 Å². The Morgan fingerprint density at radius 2 is 1.97 bits per heavy atom. The maximum absolute atomic E-state index is 12.3. The molecule has 4 rings (SSSR count). The summed E-state index contributed by atoms with van der Waals surface area (Å²) in [7, 11) is 1.63. The normalized spacial score (nSPS) is 15.6. The van der Waals surface area contributed by atoms with Crippen molar-refractivity contribution in [3.63, 3.8) is 0 Å².